The van der Waals surface area contributed by atoms with Crippen LogP contribution in [0.1, 0.15) is 12.8 Å². The van der Waals surface area contributed by atoms with E-state index in [2.05, 4.69) is 17.0 Å². The van der Waals surface area contributed by atoms with Crippen LogP contribution in [0, 0.1) is 0 Å². The lowest BCUT2D eigenvalue weighted by Gasteiger charge is -2.26. The molecule has 18 heavy (non-hydrogen) atoms. The highest BCUT2D eigenvalue weighted by atomic mass is 35.5. The van der Waals surface area contributed by atoms with Gasteiger partial charge in [0.25, 0.3) is 0 Å². The molecule has 1 aromatic rings. The van der Waals surface area contributed by atoms with Crippen LogP contribution in [0.2, 0.25) is 5.02 Å². The predicted molar refractivity (Wildman–Crippen MR) is 78.7 cm³/mol. The van der Waals surface area contributed by atoms with Crippen molar-refractivity contribution >= 4 is 23.4 Å². The molecule has 1 heterocycles. The Balaban J connectivity index is 1.54. The third-order valence-corrected chi connectivity index (χ3v) is 4.41. The summed E-state index contributed by atoms with van der Waals surface area (Å²) in [7, 11) is 0. The molecule has 4 heteroatoms. The van der Waals surface area contributed by atoms with Crippen LogP contribution in [0.25, 0.3) is 0 Å². The zero-order valence-corrected chi connectivity index (χ0v) is 12.2. The van der Waals surface area contributed by atoms with E-state index in [1.54, 1.807) is 0 Å². The van der Waals surface area contributed by atoms with E-state index in [1.165, 1.54) is 30.0 Å². The maximum atomic E-state index is 5.86. The fourth-order valence-corrected chi connectivity index (χ4v) is 3.02. The van der Waals surface area contributed by atoms with Crippen molar-refractivity contribution in [3.05, 3.63) is 29.3 Å². The van der Waals surface area contributed by atoms with E-state index in [1.807, 2.05) is 23.9 Å². The van der Waals surface area contributed by atoms with Gasteiger partial charge in [0.05, 0.1) is 13.2 Å². The Kier molecular flexibility index (Phi) is 6.35. The molecule has 0 unspecified atom stereocenters. The summed E-state index contributed by atoms with van der Waals surface area (Å²) >= 11 is 7.77. The van der Waals surface area contributed by atoms with Crippen LogP contribution < -0.4 is 0 Å². The fraction of sp³-hybridized carbons (Fsp3) is 0.571. The zero-order chi connectivity index (χ0) is 12.6. The van der Waals surface area contributed by atoms with E-state index in [9.17, 15) is 0 Å². The average Bonchev–Trinajstić information content (AvgIpc) is 2.42. The third kappa shape index (κ3) is 5.19. The Labute approximate surface area is 119 Å². The van der Waals surface area contributed by atoms with Crippen LogP contribution in [0.3, 0.4) is 0 Å². The highest BCUT2D eigenvalue weighted by molar-refractivity contribution is 7.99. The number of rotatable bonds is 6. The number of hydrogen-bond acceptors (Lipinski definition) is 3. The van der Waals surface area contributed by atoms with Gasteiger partial charge in [0.2, 0.25) is 0 Å². The van der Waals surface area contributed by atoms with Crippen LogP contribution in [0.5, 0.6) is 0 Å². The first kappa shape index (κ1) is 14.2. The Morgan fingerprint density at radius 3 is 2.56 bits per heavy atom. The lowest BCUT2D eigenvalue weighted by Crippen LogP contribution is -2.36. The van der Waals surface area contributed by atoms with Gasteiger partial charge in [-0.2, -0.15) is 0 Å². The number of nitrogens with zero attached hydrogens (tertiary/aromatic N) is 1. The fourth-order valence-electron chi connectivity index (χ4n) is 1.98. The molecule has 100 valence electrons. The molecule has 0 spiro atoms. The zero-order valence-electron chi connectivity index (χ0n) is 10.6. The van der Waals surface area contributed by atoms with Crippen molar-refractivity contribution in [3.63, 3.8) is 0 Å². The molecule has 1 saturated heterocycles. The standard InChI is InChI=1S/C14H20ClNOS/c15-13-3-5-14(6-4-13)18-12-2-1-7-16-8-10-17-11-9-16/h3-6H,1-2,7-12H2. The molecule has 0 amide bonds. The minimum absolute atomic E-state index is 0.812. The van der Waals surface area contributed by atoms with Crippen LogP contribution in [0.15, 0.2) is 29.2 Å². The molecule has 0 bridgehead atoms. The normalized spacial score (nSPS) is 16.9. The summed E-state index contributed by atoms with van der Waals surface area (Å²) in [4.78, 5) is 3.81. The van der Waals surface area contributed by atoms with Crippen LogP contribution >= 0.6 is 23.4 Å². The molecule has 2 nitrogen and oxygen atoms in total. The Hall–Kier alpha value is -0.220. The molecule has 1 fully saturated rings. The number of hydrogen-bond donors (Lipinski definition) is 0. The Morgan fingerprint density at radius 2 is 1.83 bits per heavy atom. The third-order valence-electron chi connectivity index (χ3n) is 3.05. The van der Waals surface area contributed by atoms with E-state index < -0.39 is 0 Å². The summed E-state index contributed by atoms with van der Waals surface area (Å²) in [5.41, 5.74) is 0. The van der Waals surface area contributed by atoms with Gasteiger partial charge in [0.1, 0.15) is 0 Å². The first-order valence-electron chi connectivity index (χ1n) is 6.53. The molecule has 0 saturated carbocycles. The molecular weight excluding hydrogens is 266 g/mol. The summed E-state index contributed by atoms with van der Waals surface area (Å²) in [6, 6.07) is 8.10. The second-order valence-corrected chi connectivity index (χ2v) is 6.07. The van der Waals surface area contributed by atoms with Gasteiger partial charge in [-0.05, 0) is 49.4 Å². The topological polar surface area (TPSA) is 12.5 Å². The maximum Gasteiger partial charge on any atom is 0.0594 e. The molecule has 0 atom stereocenters. The number of ether oxygens (including phenoxy) is 1. The van der Waals surface area contributed by atoms with Crippen LogP contribution in [-0.4, -0.2) is 43.5 Å². The van der Waals surface area contributed by atoms with Crippen molar-refractivity contribution in [1.82, 2.24) is 4.90 Å². The largest absolute Gasteiger partial charge is 0.379 e. The van der Waals surface area contributed by atoms with Crippen molar-refractivity contribution in [2.75, 3.05) is 38.6 Å². The van der Waals surface area contributed by atoms with Crippen molar-refractivity contribution in [1.29, 1.82) is 0 Å². The lowest BCUT2D eigenvalue weighted by molar-refractivity contribution is 0.0374. The van der Waals surface area contributed by atoms with E-state index in [4.69, 9.17) is 16.3 Å². The number of unbranched alkanes of at least 4 members (excludes halogenated alkanes) is 1. The summed E-state index contributed by atoms with van der Waals surface area (Å²) < 4.78 is 5.34. The molecular formula is C14H20ClNOS. The second kappa shape index (κ2) is 8.05. The van der Waals surface area contributed by atoms with Gasteiger partial charge in [0.15, 0.2) is 0 Å². The molecule has 0 N–H and O–H groups in total. The predicted octanol–water partition coefficient (Wildman–Crippen LogP) is 3.54. The van der Waals surface area contributed by atoms with Crippen molar-refractivity contribution < 1.29 is 4.74 Å². The van der Waals surface area contributed by atoms with Gasteiger partial charge in [-0.3, -0.25) is 4.90 Å². The Bertz CT molecular complexity index is 338. The number of morpholine rings is 1. The highest BCUT2D eigenvalue weighted by Crippen LogP contribution is 2.21. The van der Waals surface area contributed by atoms with Crippen LogP contribution in [-0.2, 0) is 4.74 Å². The molecule has 1 aromatic carbocycles. The summed E-state index contributed by atoms with van der Waals surface area (Å²) in [6.07, 6.45) is 2.55. The number of thioether (sulfide) groups is 1. The molecule has 0 radical (unpaired) electrons. The first-order chi connectivity index (χ1) is 8.84. The van der Waals surface area contributed by atoms with Gasteiger partial charge in [-0.15, -0.1) is 11.8 Å². The van der Waals surface area contributed by atoms with Crippen molar-refractivity contribution in [2.45, 2.75) is 17.7 Å². The average molecular weight is 286 g/mol. The molecule has 2 rings (SSSR count). The van der Waals surface area contributed by atoms with Gasteiger partial charge in [-0.25, -0.2) is 0 Å². The van der Waals surface area contributed by atoms with Gasteiger partial charge in [0, 0.05) is 23.0 Å². The highest BCUT2D eigenvalue weighted by Gasteiger charge is 2.08. The quantitative estimate of drug-likeness (QED) is 0.586. The smallest absolute Gasteiger partial charge is 0.0594 e. The lowest BCUT2D eigenvalue weighted by atomic mass is 10.3. The Morgan fingerprint density at radius 1 is 1.11 bits per heavy atom. The SMILES string of the molecule is Clc1ccc(SCCCCN2CCOCC2)cc1. The minimum Gasteiger partial charge on any atom is -0.379 e. The molecule has 0 aliphatic carbocycles. The summed E-state index contributed by atoms with van der Waals surface area (Å²) in [5.74, 6) is 1.19. The van der Waals surface area contributed by atoms with Gasteiger partial charge < -0.3 is 4.74 Å². The first-order valence-corrected chi connectivity index (χ1v) is 7.89. The summed E-state index contributed by atoms with van der Waals surface area (Å²) in [6.45, 7) is 5.22. The number of halogens is 1. The minimum atomic E-state index is 0.812. The second-order valence-electron chi connectivity index (χ2n) is 4.46. The maximum absolute atomic E-state index is 5.86. The molecule has 0 aromatic heterocycles. The molecule has 1 aliphatic rings. The van der Waals surface area contributed by atoms with E-state index in [-0.39, 0.29) is 0 Å². The monoisotopic (exact) mass is 285 g/mol. The van der Waals surface area contributed by atoms with Gasteiger partial charge >= 0.3 is 0 Å². The van der Waals surface area contributed by atoms with E-state index in [0.717, 1.165) is 31.3 Å². The van der Waals surface area contributed by atoms with E-state index in [0.29, 0.717) is 0 Å². The van der Waals surface area contributed by atoms with Crippen molar-refractivity contribution in [3.8, 4) is 0 Å². The summed E-state index contributed by atoms with van der Waals surface area (Å²) in [5, 5.41) is 0.812. The van der Waals surface area contributed by atoms with Crippen LogP contribution in [0.4, 0.5) is 0 Å². The number of benzene rings is 1. The molecule has 1 aliphatic heterocycles. The van der Waals surface area contributed by atoms with Crippen molar-refractivity contribution in [2.24, 2.45) is 0 Å². The van der Waals surface area contributed by atoms with E-state index >= 15 is 0 Å². The van der Waals surface area contributed by atoms with Gasteiger partial charge in [-0.1, -0.05) is 11.6 Å².